The number of para-hydroxylation sites is 2. The van der Waals surface area contributed by atoms with E-state index in [1.165, 1.54) is 10.7 Å². The molecule has 2 aromatic carbocycles. The quantitative estimate of drug-likeness (QED) is 0.528. The second kappa shape index (κ2) is 5.49. The van der Waals surface area contributed by atoms with Crippen LogP contribution in [0.1, 0.15) is 0 Å². The molecule has 6 heteroatoms. The minimum Gasteiger partial charge on any atom is -0.258 e. The van der Waals surface area contributed by atoms with Crippen molar-refractivity contribution < 1.29 is 4.92 Å². The fourth-order valence-electron chi connectivity index (χ4n) is 2.06. The predicted octanol–water partition coefficient (Wildman–Crippen LogP) is 4.21. The first-order chi connectivity index (χ1) is 10.1. The molecule has 21 heavy (non-hydrogen) atoms. The Hall–Kier alpha value is -2.47. The van der Waals surface area contributed by atoms with E-state index >= 15 is 0 Å². The summed E-state index contributed by atoms with van der Waals surface area (Å²) < 4.78 is 2.52. The Kier molecular flexibility index (Phi) is 3.53. The van der Waals surface area contributed by atoms with Gasteiger partial charge >= 0.3 is 0 Å². The van der Waals surface area contributed by atoms with E-state index in [0.717, 1.165) is 15.6 Å². The Morgan fingerprint density at radius 1 is 1.05 bits per heavy atom. The average molecular weight is 344 g/mol. The number of rotatable bonds is 3. The third kappa shape index (κ3) is 2.71. The van der Waals surface area contributed by atoms with Gasteiger partial charge in [0.2, 0.25) is 0 Å². The maximum Gasteiger partial charge on any atom is 0.294 e. The van der Waals surface area contributed by atoms with Crippen molar-refractivity contribution in [3.8, 4) is 16.8 Å². The number of hydrogen-bond acceptors (Lipinski definition) is 3. The number of nitro groups is 1. The molecule has 0 amide bonds. The monoisotopic (exact) mass is 343 g/mol. The Labute approximate surface area is 129 Å². The van der Waals surface area contributed by atoms with Crippen molar-refractivity contribution >= 4 is 21.6 Å². The van der Waals surface area contributed by atoms with Gasteiger partial charge in [0, 0.05) is 22.3 Å². The molecule has 0 unspecified atom stereocenters. The molecule has 3 aromatic rings. The van der Waals surface area contributed by atoms with E-state index in [1.54, 1.807) is 30.6 Å². The zero-order valence-corrected chi connectivity index (χ0v) is 12.4. The highest BCUT2D eigenvalue weighted by molar-refractivity contribution is 9.10. The summed E-state index contributed by atoms with van der Waals surface area (Å²) >= 11 is 3.39. The van der Waals surface area contributed by atoms with E-state index in [4.69, 9.17) is 0 Å². The predicted molar refractivity (Wildman–Crippen MR) is 83.4 cm³/mol. The molecule has 1 heterocycles. The van der Waals surface area contributed by atoms with Crippen LogP contribution in [0, 0.1) is 10.1 Å². The topological polar surface area (TPSA) is 61.0 Å². The molecule has 0 aliphatic heterocycles. The van der Waals surface area contributed by atoms with Crippen LogP contribution in [0.25, 0.3) is 16.8 Å². The molecule has 0 aliphatic rings. The minimum absolute atomic E-state index is 0.0305. The molecule has 0 saturated heterocycles. The van der Waals surface area contributed by atoms with E-state index in [9.17, 15) is 10.1 Å². The largest absolute Gasteiger partial charge is 0.294 e. The summed E-state index contributed by atoms with van der Waals surface area (Å²) in [5.74, 6) is 0. The van der Waals surface area contributed by atoms with Crippen LogP contribution in [0.15, 0.2) is 65.4 Å². The highest BCUT2D eigenvalue weighted by Gasteiger charge is 2.15. The van der Waals surface area contributed by atoms with Crippen LogP contribution in [-0.4, -0.2) is 14.7 Å². The van der Waals surface area contributed by atoms with E-state index in [1.807, 2.05) is 24.3 Å². The van der Waals surface area contributed by atoms with E-state index in [-0.39, 0.29) is 5.69 Å². The molecule has 0 radical (unpaired) electrons. The number of nitrogens with zero attached hydrogens (tertiary/aromatic N) is 3. The standard InChI is InChI=1S/C15H10BrN3O2/c16-13-7-5-11(6-8-13)12-9-17-18(10-12)14-3-1-2-4-15(14)19(20)21/h1-10H. The summed E-state index contributed by atoms with van der Waals surface area (Å²) in [4.78, 5) is 10.7. The Morgan fingerprint density at radius 2 is 1.76 bits per heavy atom. The summed E-state index contributed by atoms with van der Waals surface area (Å²) in [6, 6.07) is 14.3. The van der Waals surface area contributed by atoms with Gasteiger partial charge in [-0.05, 0) is 23.8 Å². The summed E-state index contributed by atoms with van der Waals surface area (Å²) in [5.41, 5.74) is 2.39. The maximum atomic E-state index is 11.1. The van der Waals surface area contributed by atoms with Crippen LogP contribution in [-0.2, 0) is 0 Å². The van der Waals surface area contributed by atoms with Gasteiger partial charge in [0.25, 0.3) is 5.69 Å². The lowest BCUT2D eigenvalue weighted by Crippen LogP contribution is -1.99. The maximum absolute atomic E-state index is 11.1. The molecule has 104 valence electrons. The Balaban J connectivity index is 2.03. The Bertz CT molecular complexity index is 797. The summed E-state index contributed by atoms with van der Waals surface area (Å²) in [5, 5.41) is 15.3. The number of benzene rings is 2. The SMILES string of the molecule is O=[N+]([O-])c1ccccc1-n1cc(-c2ccc(Br)cc2)cn1. The average Bonchev–Trinajstić information content (AvgIpc) is 2.97. The van der Waals surface area contributed by atoms with Crippen LogP contribution in [0.5, 0.6) is 0 Å². The van der Waals surface area contributed by atoms with Crippen molar-refractivity contribution in [3.63, 3.8) is 0 Å². The van der Waals surface area contributed by atoms with Crippen LogP contribution in [0.4, 0.5) is 5.69 Å². The highest BCUT2D eigenvalue weighted by atomic mass is 79.9. The first-order valence-corrected chi connectivity index (χ1v) is 6.99. The fraction of sp³-hybridized carbons (Fsp3) is 0. The van der Waals surface area contributed by atoms with Crippen molar-refractivity contribution in [2.75, 3.05) is 0 Å². The lowest BCUT2D eigenvalue weighted by molar-refractivity contribution is -0.384. The number of halogens is 1. The molecule has 0 atom stereocenters. The number of hydrogen-bond donors (Lipinski definition) is 0. The molecule has 0 bridgehead atoms. The van der Waals surface area contributed by atoms with Gasteiger partial charge in [0.05, 0.1) is 11.1 Å². The molecule has 0 N–H and O–H groups in total. The van der Waals surface area contributed by atoms with Crippen LogP contribution in [0.2, 0.25) is 0 Å². The molecule has 3 rings (SSSR count). The first kappa shape index (κ1) is 13.5. The van der Waals surface area contributed by atoms with Gasteiger partial charge in [-0.15, -0.1) is 0 Å². The van der Waals surface area contributed by atoms with Gasteiger partial charge in [0.15, 0.2) is 0 Å². The summed E-state index contributed by atoms with van der Waals surface area (Å²) in [6.45, 7) is 0. The van der Waals surface area contributed by atoms with Crippen LogP contribution in [0.3, 0.4) is 0 Å². The highest BCUT2D eigenvalue weighted by Crippen LogP contribution is 2.25. The molecule has 5 nitrogen and oxygen atoms in total. The van der Waals surface area contributed by atoms with Crippen molar-refractivity contribution in [2.24, 2.45) is 0 Å². The summed E-state index contributed by atoms with van der Waals surface area (Å²) in [6.07, 6.45) is 3.48. The molecule has 0 spiro atoms. The van der Waals surface area contributed by atoms with Crippen LogP contribution < -0.4 is 0 Å². The van der Waals surface area contributed by atoms with Gasteiger partial charge in [-0.2, -0.15) is 5.10 Å². The van der Waals surface area contributed by atoms with Gasteiger partial charge in [-0.3, -0.25) is 10.1 Å². The minimum atomic E-state index is -0.406. The molecule has 0 aliphatic carbocycles. The first-order valence-electron chi connectivity index (χ1n) is 6.19. The van der Waals surface area contributed by atoms with Gasteiger partial charge < -0.3 is 0 Å². The van der Waals surface area contributed by atoms with E-state index < -0.39 is 4.92 Å². The Morgan fingerprint density at radius 3 is 2.48 bits per heavy atom. The zero-order chi connectivity index (χ0) is 14.8. The number of aromatic nitrogens is 2. The zero-order valence-electron chi connectivity index (χ0n) is 10.8. The van der Waals surface area contributed by atoms with Crippen molar-refractivity contribution in [3.05, 3.63) is 75.5 Å². The van der Waals surface area contributed by atoms with E-state index in [2.05, 4.69) is 21.0 Å². The lowest BCUT2D eigenvalue weighted by atomic mass is 10.1. The van der Waals surface area contributed by atoms with Crippen molar-refractivity contribution in [2.45, 2.75) is 0 Å². The van der Waals surface area contributed by atoms with E-state index in [0.29, 0.717) is 5.69 Å². The molecular weight excluding hydrogens is 334 g/mol. The second-order valence-corrected chi connectivity index (χ2v) is 5.34. The normalized spacial score (nSPS) is 10.5. The van der Waals surface area contributed by atoms with Crippen LogP contribution >= 0.6 is 15.9 Å². The second-order valence-electron chi connectivity index (χ2n) is 4.43. The van der Waals surface area contributed by atoms with Gasteiger partial charge in [0.1, 0.15) is 5.69 Å². The van der Waals surface area contributed by atoms with Gasteiger partial charge in [-0.25, -0.2) is 4.68 Å². The lowest BCUT2D eigenvalue weighted by Gasteiger charge is -2.02. The van der Waals surface area contributed by atoms with Crippen molar-refractivity contribution in [1.82, 2.24) is 9.78 Å². The molecular formula is C15H10BrN3O2. The third-order valence-corrected chi connectivity index (χ3v) is 3.61. The smallest absolute Gasteiger partial charge is 0.258 e. The van der Waals surface area contributed by atoms with Crippen molar-refractivity contribution in [1.29, 1.82) is 0 Å². The molecule has 0 saturated carbocycles. The number of nitro benzene ring substituents is 1. The summed E-state index contributed by atoms with van der Waals surface area (Å²) in [7, 11) is 0. The fourth-order valence-corrected chi connectivity index (χ4v) is 2.32. The van der Waals surface area contributed by atoms with Gasteiger partial charge in [-0.1, -0.05) is 40.2 Å². The molecule has 1 aromatic heterocycles. The molecule has 0 fully saturated rings. The third-order valence-electron chi connectivity index (χ3n) is 3.09.